The Hall–Kier alpha value is -2.37. The molecule has 6 nitrogen and oxygen atoms in total. The van der Waals surface area contributed by atoms with E-state index in [4.69, 9.17) is 4.52 Å². The molecule has 0 saturated heterocycles. The predicted octanol–water partition coefficient (Wildman–Crippen LogP) is 2.48. The normalized spacial score (nSPS) is 11.1. The molecule has 0 saturated carbocycles. The molecule has 98 valence electrons. The average molecular weight is 257 g/mol. The molecule has 0 aliphatic heterocycles. The van der Waals surface area contributed by atoms with E-state index in [0.717, 1.165) is 34.0 Å². The molecule has 0 spiro atoms. The molecule has 0 atom stereocenters. The Kier molecular flexibility index (Phi) is 2.70. The first-order chi connectivity index (χ1) is 9.13. The van der Waals surface area contributed by atoms with Crippen molar-refractivity contribution in [1.82, 2.24) is 20.1 Å². The zero-order chi connectivity index (χ0) is 13.4. The van der Waals surface area contributed by atoms with Gasteiger partial charge in [0.05, 0.1) is 35.2 Å². The van der Waals surface area contributed by atoms with Gasteiger partial charge in [0.1, 0.15) is 5.82 Å². The van der Waals surface area contributed by atoms with Crippen molar-refractivity contribution in [2.24, 2.45) is 0 Å². The number of aryl methyl sites for hydroxylation is 3. The van der Waals surface area contributed by atoms with Crippen molar-refractivity contribution in [3.05, 3.63) is 35.2 Å². The molecular formula is C13H15N5O. The van der Waals surface area contributed by atoms with Crippen molar-refractivity contribution in [2.45, 2.75) is 27.3 Å². The average Bonchev–Trinajstić information content (AvgIpc) is 2.92. The second-order valence-electron chi connectivity index (χ2n) is 4.59. The van der Waals surface area contributed by atoms with Crippen molar-refractivity contribution in [1.29, 1.82) is 0 Å². The second-order valence-corrected chi connectivity index (χ2v) is 4.59. The smallest absolute Gasteiger partial charge is 0.258 e. The van der Waals surface area contributed by atoms with Gasteiger partial charge in [-0.15, -0.1) is 0 Å². The maximum atomic E-state index is 5.08. The van der Waals surface area contributed by atoms with Crippen LogP contribution in [0.4, 0.5) is 5.69 Å². The molecule has 0 aliphatic carbocycles. The summed E-state index contributed by atoms with van der Waals surface area (Å²) >= 11 is 0. The molecular weight excluding hydrogens is 242 g/mol. The zero-order valence-corrected chi connectivity index (χ0v) is 11.1. The van der Waals surface area contributed by atoms with Crippen LogP contribution in [0.2, 0.25) is 0 Å². The number of rotatable bonds is 3. The SMILES string of the molecule is Cc1nc(CNc2cnc3onc(C)c3c2)[nH]c1C. The largest absolute Gasteiger partial charge is 0.377 e. The van der Waals surface area contributed by atoms with E-state index in [1.807, 2.05) is 26.8 Å². The number of anilines is 1. The van der Waals surface area contributed by atoms with Gasteiger partial charge < -0.3 is 14.8 Å². The summed E-state index contributed by atoms with van der Waals surface area (Å²) in [6, 6.07) is 1.98. The molecule has 0 aliphatic rings. The summed E-state index contributed by atoms with van der Waals surface area (Å²) in [5, 5.41) is 8.10. The van der Waals surface area contributed by atoms with Gasteiger partial charge in [-0.3, -0.25) is 0 Å². The molecule has 0 fully saturated rings. The van der Waals surface area contributed by atoms with Crippen LogP contribution in [0, 0.1) is 20.8 Å². The van der Waals surface area contributed by atoms with Crippen LogP contribution in [-0.4, -0.2) is 20.1 Å². The first kappa shape index (κ1) is 11.7. The molecule has 2 N–H and O–H groups in total. The Labute approximate surface area is 110 Å². The summed E-state index contributed by atoms with van der Waals surface area (Å²) in [5.41, 5.74) is 4.45. The number of aromatic nitrogens is 4. The lowest BCUT2D eigenvalue weighted by molar-refractivity contribution is 0.443. The number of nitrogens with one attached hydrogen (secondary N) is 2. The molecule has 19 heavy (non-hydrogen) atoms. The van der Waals surface area contributed by atoms with Crippen LogP contribution in [0.15, 0.2) is 16.8 Å². The maximum absolute atomic E-state index is 5.08. The lowest BCUT2D eigenvalue weighted by atomic mass is 10.2. The summed E-state index contributed by atoms with van der Waals surface area (Å²) < 4.78 is 5.08. The van der Waals surface area contributed by atoms with Crippen LogP contribution in [0.25, 0.3) is 11.1 Å². The summed E-state index contributed by atoms with van der Waals surface area (Å²) in [6.07, 6.45) is 1.73. The number of fused-ring (bicyclic) bond motifs is 1. The highest BCUT2D eigenvalue weighted by atomic mass is 16.5. The van der Waals surface area contributed by atoms with Gasteiger partial charge in [0, 0.05) is 5.69 Å². The number of nitrogens with zero attached hydrogens (tertiary/aromatic N) is 3. The Morgan fingerprint density at radius 1 is 1.26 bits per heavy atom. The molecule has 0 aromatic carbocycles. The standard InChI is InChI=1S/C13H15N5O/c1-7-8(2)17-12(16-7)6-14-10-4-11-9(3)18-19-13(11)15-5-10/h4-5,14H,6H2,1-3H3,(H,16,17). The zero-order valence-electron chi connectivity index (χ0n) is 11.1. The third kappa shape index (κ3) is 2.16. The Bertz CT molecular complexity index is 708. The first-order valence-electron chi connectivity index (χ1n) is 6.11. The fourth-order valence-corrected chi connectivity index (χ4v) is 1.93. The van der Waals surface area contributed by atoms with Gasteiger partial charge in [-0.1, -0.05) is 5.16 Å². The summed E-state index contributed by atoms with van der Waals surface area (Å²) in [7, 11) is 0. The van der Waals surface area contributed by atoms with E-state index in [-0.39, 0.29) is 0 Å². The van der Waals surface area contributed by atoms with Gasteiger partial charge in [0.15, 0.2) is 0 Å². The van der Waals surface area contributed by atoms with Crippen LogP contribution >= 0.6 is 0 Å². The minimum absolute atomic E-state index is 0.563. The van der Waals surface area contributed by atoms with Crippen molar-refractivity contribution in [3.63, 3.8) is 0 Å². The third-order valence-electron chi connectivity index (χ3n) is 3.15. The predicted molar refractivity (Wildman–Crippen MR) is 71.9 cm³/mol. The lowest BCUT2D eigenvalue weighted by Gasteiger charge is -2.03. The fraction of sp³-hybridized carbons (Fsp3) is 0.308. The highest BCUT2D eigenvalue weighted by molar-refractivity contribution is 5.79. The van der Waals surface area contributed by atoms with Gasteiger partial charge in [-0.2, -0.15) is 0 Å². The highest BCUT2D eigenvalue weighted by Crippen LogP contribution is 2.19. The van der Waals surface area contributed by atoms with Crippen LogP contribution in [0.1, 0.15) is 22.9 Å². The van der Waals surface area contributed by atoms with E-state index in [0.29, 0.717) is 12.3 Å². The molecule has 3 aromatic rings. The molecule has 0 radical (unpaired) electrons. The van der Waals surface area contributed by atoms with E-state index in [1.165, 1.54) is 0 Å². The van der Waals surface area contributed by atoms with Gasteiger partial charge in [0.2, 0.25) is 0 Å². The molecule has 0 unspecified atom stereocenters. The minimum Gasteiger partial charge on any atom is -0.377 e. The monoisotopic (exact) mass is 257 g/mol. The maximum Gasteiger partial charge on any atom is 0.258 e. The van der Waals surface area contributed by atoms with Crippen molar-refractivity contribution >= 4 is 16.8 Å². The van der Waals surface area contributed by atoms with E-state index in [2.05, 4.69) is 25.4 Å². The Morgan fingerprint density at radius 2 is 2.11 bits per heavy atom. The highest BCUT2D eigenvalue weighted by Gasteiger charge is 2.07. The Morgan fingerprint density at radius 3 is 2.84 bits per heavy atom. The van der Waals surface area contributed by atoms with Gasteiger partial charge in [0.25, 0.3) is 5.71 Å². The van der Waals surface area contributed by atoms with Crippen molar-refractivity contribution in [2.75, 3.05) is 5.32 Å². The fourth-order valence-electron chi connectivity index (χ4n) is 1.93. The quantitative estimate of drug-likeness (QED) is 0.753. The number of imidazole rings is 1. The number of hydrogen-bond donors (Lipinski definition) is 2. The van der Waals surface area contributed by atoms with Gasteiger partial charge in [-0.25, -0.2) is 9.97 Å². The lowest BCUT2D eigenvalue weighted by Crippen LogP contribution is -2.01. The molecule has 6 heteroatoms. The van der Waals surface area contributed by atoms with E-state index >= 15 is 0 Å². The van der Waals surface area contributed by atoms with Crippen LogP contribution in [0.3, 0.4) is 0 Å². The third-order valence-corrected chi connectivity index (χ3v) is 3.15. The van der Waals surface area contributed by atoms with Crippen LogP contribution in [-0.2, 0) is 6.54 Å². The van der Waals surface area contributed by atoms with E-state index in [9.17, 15) is 0 Å². The number of hydrogen-bond acceptors (Lipinski definition) is 5. The van der Waals surface area contributed by atoms with Crippen molar-refractivity contribution < 1.29 is 4.52 Å². The molecule has 3 rings (SSSR count). The van der Waals surface area contributed by atoms with Gasteiger partial charge in [-0.05, 0) is 26.8 Å². The van der Waals surface area contributed by atoms with Crippen molar-refractivity contribution in [3.8, 4) is 0 Å². The molecule has 3 aromatic heterocycles. The molecule has 0 amide bonds. The summed E-state index contributed by atoms with van der Waals surface area (Å²) in [5.74, 6) is 0.914. The van der Waals surface area contributed by atoms with Gasteiger partial charge >= 0.3 is 0 Å². The topological polar surface area (TPSA) is 79.6 Å². The van der Waals surface area contributed by atoms with E-state index < -0.39 is 0 Å². The summed E-state index contributed by atoms with van der Waals surface area (Å²) in [6.45, 7) is 6.53. The molecule has 3 heterocycles. The summed E-state index contributed by atoms with van der Waals surface area (Å²) in [4.78, 5) is 11.9. The van der Waals surface area contributed by atoms with Crippen LogP contribution < -0.4 is 5.32 Å². The first-order valence-corrected chi connectivity index (χ1v) is 6.11. The number of H-pyrrole nitrogens is 1. The molecule has 0 bridgehead atoms. The minimum atomic E-state index is 0.563. The Balaban J connectivity index is 1.79. The van der Waals surface area contributed by atoms with E-state index in [1.54, 1.807) is 6.20 Å². The number of pyridine rings is 1. The number of aromatic amines is 1. The second kappa shape index (κ2) is 4.38. The van der Waals surface area contributed by atoms with Crippen LogP contribution in [0.5, 0.6) is 0 Å².